The summed E-state index contributed by atoms with van der Waals surface area (Å²) in [4.78, 5) is 0. The number of furan rings is 1. The molecule has 4 aromatic rings. The summed E-state index contributed by atoms with van der Waals surface area (Å²) in [7, 11) is 0. The molecule has 1 aliphatic rings. The highest BCUT2D eigenvalue weighted by Crippen LogP contribution is 2.38. The van der Waals surface area contributed by atoms with Gasteiger partial charge in [0.2, 0.25) is 0 Å². The number of hydrogen-bond donors (Lipinski definition) is 1. The third kappa shape index (κ3) is 3.10. The van der Waals surface area contributed by atoms with E-state index < -0.39 is 0 Å². The lowest BCUT2D eigenvalue weighted by molar-refractivity contribution is 0.476. The van der Waals surface area contributed by atoms with Crippen molar-refractivity contribution >= 4 is 21.7 Å². The van der Waals surface area contributed by atoms with Gasteiger partial charge in [-0.05, 0) is 53.8 Å². The van der Waals surface area contributed by atoms with Crippen molar-refractivity contribution in [2.24, 2.45) is 5.92 Å². The first-order chi connectivity index (χ1) is 13.3. The monoisotopic (exact) mass is 356 g/mol. The van der Waals surface area contributed by atoms with Crippen LogP contribution in [-0.4, -0.2) is 5.11 Å². The van der Waals surface area contributed by atoms with Crippen LogP contribution in [0.4, 0.5) is 0 Å². The summed E-state index contributed by atoms with van der Waals surface area (Å²) in [6.45, 7) is 0. The maximum atomic E-state index is 9.71. The van der Waals surface area contributed by atoms with Gasteiger partial charge in [0.05, 0.1) is 0 Å². The summed E-state index contributed by atoms with van der Waals surface area (Å²) < 4.78 is 6.32. The van der Waals surface area contributed by atoms with Crippen LogP contribution in [0.25, 0.3) is 33.1 Å². The van der Waals surface area contributed by atoms with Crippen LogP contribution in [0.15, 0.2) is 65.1 Å². The Morgan fingerprint density at radius 2 is 1.67 bits per heavy atom. The number of phenolic OH excluding ortho intramolecular Hbond substituents is 1. The van der Waals surface area contributed by atoms with Crippen LogP contribution in [0.2, 0.25) is 0 Å². The number of phenols is 1. The van der Waals surface area contributed by atoms with Crippen molar-refractivity contribution < 1.29 is 9.52 Å². The molecule has 1 aliphatic carbocycles. The van der Waals surface area contributed by atoms with Crippen molar-refractivity contribution in [3.63, 3.8) is 0 Å². The standard InChI is InChI=1S/C25H24O2/c26-21-13-12-18-15-20(11-10-19(18)16-21)25-23(14-9-17-5-1-2-6-17)22-7-3-4-8-24(22)27-25/h3-4,7-8,10-13,15-17,26H,1-2,5-6,9,14H2. The summed E-state index contributed by atoms with van der Waals surface area (Å²) >= 11 is 0. The molecule has 0 bridgehead atoms. The number of rotatable bonds is 4. The molecule has 1 fully saturated rings. The average molecular weight is 356 g/mol. The summed E-state index contributed by atoms with van der Waals surface area (Å²) in [6, 6.07) is 20.3. The molecule has 1 heterocycles. The van der Waals surface area contributed by atoms with Crippen molar-refractivity contribution in [2.45, 2.75) is 38.5 Å². The highest BCUT2D eigenvalue weighted by Gasteiger charge is 2.20. The van der Waals surface area contributed by atoms with Crippen LogP contribution in [0, 0.1) is 5.92 Å². The Morgan fingerprint density at radius 3 is 2.56 bits per heavy atom. The number of aromatic hydroxyl groups is 1. The molecule has 1 aromatic heterocycles. The largest absolute Gasteiger partial charge is 0.508 e. The Balaban J connectivity index is 1.59. The summed E-state index contributed by atoms with van der Waals surface area (Å²) in [5, 5.41) is 13.1. The predicted molar refractivity (Wildman–Crippen MR) is 111 cm³/mol. The second-order valence-electron chi connectivity index (χ2n) is 7.84. The van der Waals surface area contributed by atoms with Crippen LogP contribution >= 0.6 is 0 Å². The average Bonchev–Trinajstić information content (AvgIpc) is 3.33. The third-order valence-corrected chi connectivity index (χ3v) is 6.06. The lowest BCUT2D eigenvalue weighted by Gasteiger charge is -2.10. The maximum Gasteiger partial charge on any atom is 0.138 e. The van der Waals surface area contributed by atoms with E-state index in [9.17, 15) is 5.11 Å². The fraction of sp³-hybridized carbons (Fsp3) is 0.280. The maximum absolute atomic E-state index is 9.71. The van der Waals surface area contributed by atoms with Gasteiger partial charge in [-0.1, -0.05) is 62.1 Å². The van der Waals surface area contributed by atoms with E-state index >= 15 is 0 Å². The van der Waals surface area contributed by atoms with Gasteiger partial charge in [-0.3, -0.25) is 0 Å². The molecule has 2 nitrogen and oxygen atoms in total. The van der Waals surface area contributed by atoms with Gasteiger partial charge < -0.3 is 9.52 Å². The van der Waals surface area contributed by atoms with Gasteiger partial charge in [-0.15, -0.1) is 0 Å². The molecule has 0 saturated heterocycles. The molecule has 5 rings (SSSR count). The summed E-state index contributed by atoms with van der Waals surface area (Å²) in [6.07, 6.45) is 7.86. The van der Waals surface area contributed by atoms with E-state index in [1.54, 1.807) is 12.1 Å². The first-order valence-electron chi connectivity index (χ1n) is 10.0. The van der Waals surface area contributed by atoms with E-state index in [-0.39, 0.29) is 0 Å². The van der Waals surface area contributed by atoms with Gasteiger partial charge in [-0.25, -0.2) is 0 Å². The van der Waals surface area contributed by atoms with Crippen molar-refractivity contribution in [3.05, 3.63) is 66.2 Å². The minimum Gasteiger partial charge on any atom is -0.508 e. The highest BCUT2D eigenvalue weighted by atomic mass is 16.3. The van der Waals surface area contributed by atoms with E-state index in [2.05, 4.69) is 36.4 Å². The summed E-state index contributed by atoms with van der Waals surface area (Å²) in [5.41, 5.74) is 3.43. The molecule has 0 unspecified atom stereocenters. The van der Waals surface area contributed by atoms with Gasteiger partial charge in [0, 0.05) is 16.5 Å². The SMILES string of the molecule is Oc1ccc2cc(-c3oc4ccccc4c3CCC3CCCC3)ccc2c1. The van der Waals surface area contributed by atoms with Crippen molar-refractivity contribution in [3.8, 4) is 17.1 Å². The van der Waals surface area contributed by atoms with Crippen molar-refractivity contribution in [1.29, 1.82) is 0 Å². The lowest BCUT2D eigenvalue weighted by atomic mass is 9.94. The van der Waals surface area contributed by atoms with Gasteiger partial charge in [0.25, 0.3) is 0 Å². The van der Waals surface area contributed by atoms with Crippen LogP contribution in [-0.2, 0) is 6.42 Å². The van der Waals surface area contributed by atoms with Gasteiger partial charge >= 0.3 is 0 Å². The van der Waals surface area contributed by atoms with Crippen LogP contribution in [0.3, 0.4) is 0 Å². The smallest absolute Gasteiger partial charge is 0.138 e. The van der Waals surface area contributed by atoms with Crippen molar-refractivity contribution in [1.82, 2.24) is 0 Å². The Labute approximate surface area is 159 Å². The van der Waals surface area contributed by atoms with E-state index in [0.717, 1.165) is 40.0 Å². The van der Waals surface area contributed by atoms with Gasteiger partial charge in [0.1, 0.15) is 17.1 Å². The number of aryl methyl sites for hydroxylation is 1. The fourth-order valence-corrected chi connectivity index (χ4v) is 4.60. The fourth-order valence-electron chi connectivity index (χ4n) is 4.60. The topological polar surface area (TPSA) is 33.4 Å². The molecule has 0 radical (unpaired) electrons. The molecule has 1 saturated carbocycles. The number of para-hydroxylation sites is 1. The molecule has 2 heteroatoms. The molecule has 0 atom stereocenters. The normalized spacial score (nSPS) is 15.1. The number of benzene rings is 3. The Morgan fingerprint density at radius 1 is 0.889 bits per heavy atom. The molecule has 0 spiro atoms. The Kier molecular flexibility index (Phi) is 4.12. The zero-order valence-corrected chi connectivity index (χ0v) is 15.4. The molecule has 136 valence electrons. The molecule has 27 heavy (non-hydrogen) atoms. The zero-order valence-electron chi connectivity index (χ0n) is 15.4. The van der Waals surface area contributed by atoms with E-state index in [0.29, 0.717) is 5.75 Å². The zero-order chi connectivity index (χ0) is 18.2. The quantitative estimate of drug-likeness (QED) is 0.424. The molecule has 1 N–H and O–H groups in total. The molecular formula is C25H24O2. The lowest BCUT2D eigenvalue weighted by Crippen LogP contribution is -1.97. The highest BCUT2D eigenvalue weighted by molar-refractivity contribution is 5.92. The Hall–Kier alpha value is -2.74. The number of fused-ring (bicyclic) bond motifs is 2. The Bertz CT molecular complexity index is 1100. The predicted octanol–water partition coefficient (Wildman–Crippen LogP) is 7.08. The van der Waals surface area contributed by atoms with Crippen LogP contribution in [0.5, 0.6) is 5.75 Å². The first-order valence-corrected chi connectivity index (χ1v) is 10.0. The molecule has 3 aromatic carbocycles. The van der Waals surface area contributed by atoms with Gasteiger partial charge in [0.15, 0.2) is 0 Å². The second kappa shape index (κ2) is 6.77. The number of hydrogen-bond acceptors (Lipinski definition) is 2. The van der Waals surface area contributed by atoms with E-state index in [1.165, 1.54) is 43.1 Å². The molecular weight excluding hydrogens is 332 g/mol. The first kappa shape index (κ1) is 16.4. The second-order valence-corrected chi connectivity index (χ2v) is 7.84. The van der Waals surface area contributed by atoms with E-state index in [4.69, 9.17) is 4.42 Å². The van der Waals surface area contributed by atoms with Crippen LogP contribution < -0.4 is 0 Å². The summed E-state index contributed by atoms with van der Waals surface area (Å²) in [5.74, 6) is 2.17. The third-order valence-electron chi connectivity index (χ3n) is 6.06. The van der Waals surface area contributed by atoms with Crippen molar-refractivity contribution in [2.75, 3.05) is 0 Å². The molecule has 0 aliphatic heterocycles. The van der Waals surface area contributed by atoms with Crippen LogP contribution in [0.1, 0.15) is 37.7 Å². The minimum atomic E-state index is 0.302. The van der Waals surface area contributed by atoms with Gasteiger partial charge in [-0.2, -0.15) is 0 Å². The molecule has 0 amide bonds. The van der Waals surface area contributed by atoms with E-state index in [1.807, 2.05) is 12.1 Å². The minimum absolute atomic E-state index is 0.302.